The van der Waals surface area contributed by atoms with E-state index in [-0.39, 0.29) is 0 Å². The molecule has 1 aromatic rings. The summed E-state index contributed by atoms with van der Waals surface area (Å²) in [5.74, 6) is 1.72. The van der Waals surface area contributed by atoms with Gasteiger partial charge >= 0.3 is 0 Å². The highest BCUT2D eigenvalue weighted by Gasteiger charge is 2.53. The smallest absolute Gasteiger partial charge is 0.118 e. The van der Waals surface area contributed by atoms with Crippen molar-refractivity contribution >= 4 is 0 Å². The molecule has 3 nitrogen and oxygen atoms in total. The number of fused-ring (bicyclic) bond motifs is 1. The second-order valence-corrected chi connectivity index (χ2v) is 5.95. The average Bonchev–Trinajstić information content (AvgIpc) is 3.21. The predicted molar refractivity (Wildman–Crippen MR) is 79.8 cm³/mol. The highest BCUT2D eigenvalue weighted by Crippen LogP contribution is 2.58. The number of nitrogens with one attached hydrogen (secondary N) is 1. The van der Waals surface area contributed by atoms with Gasteiger partial charge in [-0.2, -0.15) is 0 Å². The molecule has 1 aromatic carbocycles. The largest absolute Gasteiger partial charge is 0.497 e. The van der Waals surface area contributed by atoms with Crippen LogP contribution in [0.2, 0.25) is 0 Å². The molecule has 0 heterocycles. The third kappa shape index (κ3) is 2.74. The summed E-state index contributed by atoms with van der Waals surface area (Å²) < 4.78 is 10.6. The van der Waals surface area contributed by atoms with Crippen molar-refractivity contribution in [2.45, 2.75) is 25.5 Å². The number of ether oxygens (including phenoxy) is 2. The molecule has 108 valence electrons. The molecule has 1 saturated carbocycles. The van der Waals surface area contributed by atoms with Crippen molar-refractivity contribution in [2.75, 3.05) is 20.8 Å². The fraction of sp³-hybridized carbons (Fsp3) is 0.529. The van der Waals surface area contributed by atoms with Crippen molar-refractivity contribution in [2.24, 2.45) is 11.3 Å². The van der Waals surface area contributed by atoms with Crippen LogP contribution in [-0.4, -0.2) is 26.9 Å². The predicted octanol–water partition coefficient (Wildman–Crippen LogP) is 2.77. The van der Waals surface area contributed by atoms with E-state index in [1.807, 2.05) is 12.1 Å². The van der Waals surface area contributed by atoms with Gasteiger partial charge in [0.05, 0.1) is 13.2 Å². The first-order valence-electron chi connectivity index (χ1n) is 7.31. The van der Waals surface area contributed by atoms with Crippen LogP contribution < -0.4 is 10.1 Å². The Hall–Kier alpha value is -1.32. The van der Waals surface area contributed by atoms with E-state index >= 15 is 0 Å². The van der Waals surface area contributed by atoms with Crippen LogP contribution >= 0.6 is 0 Å². The lowest BCUT2D eigenvalue weighted by atomic mass is 9.93. The number of hydrogen-bond donors (Lipinski definition) is 1. The van der Waals surface area contributed by atoms with Gasteiger partial charge in [0, 0.05) is 25.6 Å². The van der Waals surface area contributed by atoms with Crippen LogP contribution in [-0.2, 0) is 11.3 Å². The van der Waals surface area contributed by atoms with E-state index in [1.54, 1.807) is 14.2 Å². The van der Waals surface area contributed by atoms with Gasteiger partial charge in [-0.1, -0.05) is 24.3 Å². The molecule has 0 spiro atoms. The van der Waals surface area contributed by atoms with Crippen LogP contribution in [0.25, 0.3) is 0 Å². The molecular formula is C17H23NO2. The molecule has 3 rings (SSSR count). The molecule has 3 atom stereocenters. The highest BCUT2D eigenvalue weighted by molar-refractivity contribution is 5.27. The fourth-order valence-corrected chi connectivity index (χ4v) is 3.21. The van der Waals surface area contributed by atoms with Crippen LogP contribution in [0.4, 0.5) is 0 Å². The van der Waals surface area contributed by atoms with E-state index in [2.05, 4.69) is 29.6 Å². The van der Waals surface area contributed by atoms with E-state index in [9.17, 15) is 0 Å². The second-order valence-electron chi connectivity index (χ2n) is 5.95. The third-order valence-electron chi connectivity index (χ3n) is 4.68. The van der Waals surface area contributed by atoms with E-state index in [4.69, 9.17) is 9.47 Å². The topological polar surface area (TPSA) is 30.5 Å². The first-order chi connectivity index (χ1) is 9.75. The molecule has 0 radical (unpaired) electrons. The Bertz CT molecular complexity index is 482. The van der Waals surface area contributed by atoms with E-state index in [0.717, 1.165) is 24.8 Å². The molecule has 0 saturated heterocycles. The minimum Gasteiger partial charge on any atom is -0.497 e. The highest BCUT2D eigenvalue weighted by atomic mass is 16.5. The molecule has 1 fully saturated rings. The molecule has 1 N–H and O–H groups in total. The van der Waals surface area contributed by atoms with E-state index < -0.39 is 0 Å². The Morgan fingerprint density at radius 3 is 2.70 bits per heavy atom. The summed E-state index contributed by atoms with van der Waals surface area (Å²) in [6, 6.07) is 8.26. The van der Waals surface area contributed by atoms with Crippen molar-refractivity contribution in [3.63, 3.8) is 0 Å². The maximum atomic E-state index is 5.41. The first-order valence-corrected chi connectivity index (χ1v) is 7.31. The molecule has 0 bridgehead atoms. The van der Waals surface area contributed by atoms with Gasteiger partial charge in [-0.05, 0) is 36.5 Å². The van der Waals surface area contributed by atoms with Crippen molar-refractivity contribution in [3.8, 4) is 5.75 Å². The molecule has 3 heteroatoms. The normalized spacial score (nSPS) is 30.9. The van der Waals surface area contributed by atoms with E-state index in [0.29, 0.717) is 11.5 Å². The molecule has 3 unspecified atom stereocenters. The zero-order chi connectivity index (χ0) is 14.0. The van der Waals surface area contributed by atoms with Crippen LogP contribution in [0.1, 0.15) is 18.4 Å². The number of hydrogen-bond acceptors (Lipinski definition) is 3. The average molecular weight is 273 g/mol. The third-order valence-corrected chi connectivity index (χ3v) is 4.68. The maximum Gasteiger partial charge on any atom is 0.118 e. The second kappa shape index (κ2) is 5.58. The SMILES string of the molecule is COc1ccc(CNCC23C=CC(OC)CC2C3)cc1. The summed E-state index contributed by atoms with van der Waals surface area (Å²) in [6.45, 7) is 1.98. The quantitative estimate of drug-likeness (QED) is 0.808. The summed E-state index contributed by atoms with van der Waals surface area (Å²) in [5.41, 5.74) is 1.70. The molecule has 2 aliphatic carbocycles. The summed E-state index contributed by atoms with van der Waals surface area (Å²) in [7, 11) is 3.49. The Kier molecular flexibility index (Phi) is 3.81. The zero-order valence-electron chi connectivity index (χ0n) is 12.3. The Morgan fingerprint density at radius 2 is 2.05 bits per heavy atom. The van der Waals surface area contributed by atoms with Crippen LogP contribution in [0.15, 0.2) is 36.4 Å². The molecule has 0 aliphatic heterocycles. The molecular weight excluding hydrogens is 250 g/mol. The first kappa shape index (κ1) is 13.7. The summed E-state index contributed by atoms with van der Waals surface area (Å²) in [6.07, 6.45) is 7.42. The minimum atomic E-state index is 0.331. The lowest BCUT2D eigenvalue weighted by Crippen LogP contribution is -2.27. The number of rotatable bonds is 6. The lowest BCUT2D eigenvalue weighted by molar-refractivity contribution is 0.119. The minimum absolute atomic E-state index is 0.331. The Balaban J connectivity index is 1.49. The number of benzene rings is 1. The molecule has 0 amide bonds. The van der Waals surface area contributed by atoms with Crippen LogP contribution in [0.3, 0.4) is 0 Å². The van der Waals surface area contributed by atoms with Gasteiger partial charge in [-0.25, -0.2) is 0 Å². The molecule has 2 aliphatic rings. The van der Waals surface area contributed by atoms with Crippen molar-refractivity contribution in [1.82, 2.24) is 5.32 Å². The van der Waals surface area contributed by atoms with Gasteiger partial charge in [0.1, 0.15) is 5.75 Å². The van der Waals surface area contributed by atoms with Crippen LogP contribution in [0.5, 0.6) is 5.75 Å². The summed E-state index contributed by atoms with van der Waals surface area (Å²) in [5, 5.41) is 3.59. The summed E-state index contributed by atoms with van der Waals surface area (Å²) >= 11 is 0. The van der Waals surface area contributed by atoms with Crippen molar-refractivity contribution in [1.29, 1.82) is 0 Å². The van der Waals surface area contributed by atoms with Crippen molar-refractivity contribution < 1.29 is 9.47 Å². The van der Waals surface area contributed by atoms with Crippen molar-refractivity contribution in [3.05, 3.63) is 42.0 Å². The van der Waals surface area contributed by atoms with Gasteiger partial charge in [0.2, 0.25) is 0 Å². The van der Waals surface area contributed by atoms with Gasteiger partial charge < -0.3 is 14.8 Å². The van der Waals surface area contributed by atoms with E-state index in [1.165, 1.54) is 18.4 Å². The summed E-state index contributed by atoms with van der Waals surface area (Å²) in [4.78, 5) is 0. The zero-order valence-corrected chi connectivity index (χ0v) is 12.3. The molecule has 0 aromatic heterocycles. The van der Waals surface area contributed by atoms with Crippen LogP contribution in [0, 0.1) is 11.3 Å². The monoisotopic (exact) mass is 273 g/mol. The van der Waals surface area contributed by atoms with Gasteiger partial charge in [-0.3, -0.25) is 0 Å². The lowest BCUT2D eigenvalue weighted by Gasteiger charge is -2.22. The molecule has 20 heavy (non-hydrogen) atoms. The maximum absolute atomic E-state index is 5.41. The fourth-order valence-electron chi connectivity index (χ4n) is 3.21. The Labute approximate surface area is 121 Å². The Morgan fingerprint density at radius 1 is 1.25 bits per heavy atom. The number of methoxy groups -OCH3 is 2. The van der Waals surface area contributed by atoms with Gasteiger partial charge in [-0.15, -0.1) is 0 Å². The van der Waals surface area contributed by atoms with Gasteiger partial charge in [0.25, 0.3) is 0 Å². The standard InChI is InChI=1S/C17H23NO2/c1-19-15-5-3-13(4-6-15)11-18-12-17-8-7-16(20-2)9-14(17)10-17/h3-8,14,16,18H,9-12H2,1-2H3. The van der Waals surface area contributed by atoms with Gasteiger partial charge in [0.15, 0.2) is 0 Å².